The monoisotopic (exact) mass is 448 g/mol. The normalized spacial score (nSPS) is 10.8. The van der Waals surface area contributed by atoms with Gasteiger partial charge >= 0.3 is 0 Å². The van der Waals surface area contributed by atoms with Gasteiger partial charge in [-0.25, -0.2) is 5.10 Å². The fourth-order valence-electron chi connectivity index (χ4n) is 3.29. The van der Waals surface area contributed by atoms with Crippen molar-refractivity contribution in [1.29, 1.82) is 0 Å². The quantitative estimate of drug-likeness (QED) is 0.315. The number of aromatic nitrogens is 4. The highest BCUT2D eigenvalue weighted by molar-refractivity contribution is 5.86. The van der Waals surface area contributed by atoms with E-state index in [4.69, 9.17) is 9.26 Å². The topological polar surface area (TPSA) is 135 Å². The number of nitrogens with zero attached hydrogens (tertiary/aromatic N) is 3. The molecule has 10 heteroatoms. The van der Waals surface area contributed by atoms with Crippen LogP contribution in [-0.2, 0) is 11.2 Å². The number of rotatable bonds is 10. The number of hydrogen-bond acceptors (Lipinski definition) is 8. The van der Waals surface area contributed by atoms with Crippen molar-refractivity contribution in [2.24, 2.45) is 0 Å². The van der Waals surface area contributed by atoms with Crippen molar-refractivity contribution in [3.8, 4) is 17.1 Å². The Labute approximate surface area is 189 Å². The van der Waals surface area contributed by atoms with Gasteiger partial charge in [-0.05, 0) is 42.8 Å². The van der Waals surface area contributed by atoms with E-state index in [0.717, 1.165) is 17.0 Å². The number of nitrogens with one attached hydrogen (secondary N) is 3. The third-order valence-corrected chi connectivity index (χ3v) is 5.06. The van der Waals surface area contributed by atoms with Crippen LogP contribution in [0.5, 0.6) is 5.75 Å². The first-order valence-corrected chi connectivity index (χ1v) is 10.6. The van der Waals surface area contributed by atoms with Crippen LogP contribution in [0.25, 0.3) is 22.2 Å². The SMILES string of the molecule is COc1ccc(-c2cc(CCC(=O)NCCCNc3n[nH]c(=O)c4cccnc34)no2)cc1. The minimum absolute atomic E-state index is 0.0571. The molecule has 0 atom stereocenters. The van der Waals surface area contributed by atoms with Crippen LogP contribution >= 0.6 is 0 Å². The lowest BCUT2D eigenvalue weighted by Crippen LogP contribution is -2.26. The molecule has 4 rings (SSSR count). The third kappa shape index (κ3) is 5.53. The summed E-state index contributed by atoms with van der Waals surface area (Å²) < 4.78 is 10.5. The van der Waals surface area contributed by atoms with Crippen molar-refractivity contribution in [1.82, 2.24) is 25.7 Å². The number of aryl methyl sites for hydroxylation is 1. The molecular weight excluding hydrogens is 424 g/mol. The number of anilines is 1. The van der Waals surface area contributed by atoms with Gasteiger partial charge in [-0.2, -0.15) is 5.10 Å². The van der Waals surface area contributed by atoms with Gasteiger partial charge < -0.3 is 19.9 Å². The summed E-state index contributed by atoms with van der Waals surface area (Å²) in [6, 6.07) is 12.7. The van der Waals surface area contributed by atoms with Crippen LogP contribution in [0.2, 0.25) is 0 Å². The number of methoxy groups -OCH3 is 1. The molecule has 33 heavy (non-hydrogen) atoms. The molecule has 0 fully saturated rings. The highest BCUT2D eigenvalue weighted by Crippen LogP contribution is 2.23. The lowest BCUT2D eigenvalue weighted by atomic mass is 10.1. The number of benzene rings is 1. The average Bonchev–Trinajstić information content (AvgIpc) is 3.33. The molecule has 0 unspecified atom stereocenters. The van der Waals surface area contributed by atoms with E-state index in [2.05, 4.69) is 31.0 Å². The van der Waals surface area contributed by atoms with E-state index >= 15 is 0 Å². The average molecular weight is 448 g/mol. The number of ether oxygens (including phenoxy) is 1. The first-order chi connectivity index (χ1) is 16.1. The molecule has 0 saturated carbocycles. The predicted molar refractivity (Wildman–Crippen MR) is 123 cm³/mol. The van der Waals surface area contributed by atoms with Crippen molar-refractivity contribution >= 4 is 22.6 Å². The lowest BCUT2D eigenvalue weighted by Gasteiger charge is -2.08. The Balaban J connectivity index is 1.18. The molecule has 10 nitrogen and oxygen atoms in total. The molecule has 170 valence electrons. The van der Waals surface area contributed by atoms with Crippen molar-refractivity contribution in [2.75, 3.05) is 25.5 Å². The van der Waals surface area contributed by atoms with Crippen LogP contribution < -0.4 is 20.9 Å². The van der Waals surface area contributed by atoms with Crippen LogP contribution in [0.4, 0.5) is 5.82 Å². The zero-order valence-electron chi connectivity index (χ0n) is 18.1. The maximum atomic E-state index is 12.1. The maximum absolute atomic E-state index is 12.1. The summed E-state index contributed by atoms with van der Waals surface area (Å²) in [5.74, 6) is 1.87. The number of carbonyl (C=O) groups is 1. The fraction of sp³-hybridized carbons (Fsp3) is 0.261. The molecule has 3 aromatic heterocycles. The fourth-order valence-corrected chi connectivity index (χ4v) is 3.29. The number of hydrogen-bond donors (Lipinski definition) is 3. The van der Waals surface area contributed by atoms with Gasteiger partial charge in [0.1, 0.15) is 11.3 Å². The number of pyridine rings is 1. The highest BCUT2D eigenvalue weighted by atomic mass is 16.5. The molecular formula is C23H24N6O4. The lowest BCUT2D eigenvalue weighted by molar-refractivity contribution is -0.121. The zero-order chi connectivity index (χ0) is 23.0. The molecule has 0 aliphatic rings. The number of aromatic amines is 1. The van der Waals surface area contributed by atoms with E-state index in [1.54, 1.807) is 25.4 Å². The summed E-state index contributed by atoms with van der Waals surface area (Å²) >= 11 is 0. The molecule has 0 saturated heterocycles. The summed E-state index contributed by atoms with van der Waals surface area (Å²) in [4.78, 5) is 28.2. The molecule has 0 aliphatic heterocycles. The second-order valence-corrected chi connectivity index (χ2v) is 7.34. The molecule has 1 amide bonds. The number of amides is 1. The standard InChI is InChI=1S/C23H24N6O4/c1-32-17-8-5-15(6-9-17)19-14-16(29-33-19)7-10-20(30)24-12-3-13-26-22-21-18(4-2-11-25-21)23(31)28-27-22/h2,4-6,8-9,11,14H,3,7,10,12-13H2,1H3,(H,24,30)(H,26,27)(H,28,31). The van der Waals surface area contributed by atoms with Crippen molar-refractivity contribution < 1.29 is 14.1 Å². The summed E-state index contributed by atoms with van der Waals surface area (Å²) in [6.45, 7) is 1.08. The summed E-state index contributed by atoms with van der Waals surface area (Å²) in [6.07, 6.45) is 3.11. The molecule has 4 aromatic rings. The van der Waals surface area contributed by atoms with Gasteiger partial charge in [-0.15, -0.1) is 0 Å². The summed E-state index contributed by atoms with van der Waals surface area (Å²) in [5, 5.41) is 17.0. The first-order valence-electron chi connectivity index (χ1n) is 10.6. The second kappa shape index (κ2) is 10.4. The Kier molecular flexibility index (Phi) is 6.93. The van der Waals surface area contributed by atoms with Gasteiger partial charge in [0, 0.05) is 43.8 Å². The smallest absolute Gasteiger partial charge is 0.273 e. The van der Waals surface area contributed by atoms with Crippen molar-refractivity contribution in [2.45, 2.75) is 19.3 Å². The molecule has 0 bridgehead atoms. The maximum Gasteiger partial charge on any atom is 0.273 e. The zero-order valence-corrected chi connectivity index (χ0v) is 18.1. The van der Waals surface area contributed by atoms with E-state index in [-0.39, 0.29) is 11.5 Å². The van der Waals surface area contributed by atoms with Crippen LogP contribution in [0, 0.1) is 0 Å². The van der Waals surface area contributed by atoms with E-state index in [0.29, 0.717) is 54.8 Å². The second-order valence-electron chi connectivity index (χ2n) is 7.34. The van der Waals surface area contributed by atoms with Gasteiger partial charge in [-0.3, -0.25) is 14.6 Å². The molecule has 3 N–H and O–H groups in total. The minimum Gasteiger partial charge on any atom is -0.497 e. The van der Waals surface area contributed by atoms with Crippen LogP contribution in [0.3, 0.4) is 0 Å². The Morgan fingerprint density at radius 3 is 2.85 bits per heavy atom. The van der Waals surface area contributed by atoms with Gasteiger partial charge in [0.25, 0.3) is 5.56 Å². The Bertz CT molecular complexity index is 1280. The number of carbonyl (C=O) groups excluding carboxylic acids is 1. The van der Waals surface area contributed by atoms with E-state index in [1.165, 1.54) is 0 Å². The minimum atomic E-state index is -0.279. The van der Waals surface area contributed by atoms with Gasteiger partial charge in [0.2, 0.25) is 5.91 Å². The Morgan fingerprint density at radius 1 is 1.18 bits per heavy atom. The van der Waals surface area contributed by atoms with Crippen LogP contribution in [-0.4, -0.2) is 46.4 Å². The third-order valence-electron chi connectivity index (χ3n) is 5.06. The number of fused-ring (bicyclic) bond motifs is 1. The summed E-state index contributed by atoms with van der Waals surface area (Å²) in [5.41, 5.74) is 1.86. The van der Waals surface area contributed by atoms with E-state index in [1.807, 2.05) is 30.3 Å². The Morgan fingerprint density at radius 2 is 2.03 bits per heavy atom. The molecule has 1 aromatic carbocycles. The summed E-state index contributed by atoms with van der Waals surface area (Å²) in [7, 11) is 1.62. The van der Waals surface area contributed by atoms with Crippen molar-refractivity contribution in [3.63, 3.8) is 0 Å². The number of H-pyrrole nitrogens is 1. The first kappa shape index (κ1) is 22.0. The Hall–Kier alpha value is -4.21. The van der Waals surface area contributed by atoms with Crippen LogP contribution in [0.15, 0.2) is 58.0 Å². The van der Waals surface area contributed by atoms with Crippen molar-refractivity contribution in [3.05, 3.63) is 64.7 Å². The largest absolute Gasteiger partial charge is 0.497 e. The van der Waals surface area contributed by atoms with E-state index < -0.39 is 0 Å². The molecule has 0 radical (unpaired) electrons. The molecule has 0 spiro atoms. The van der Waals surface area contributed by atoms with Gasteiger partial charge in [0.05, 0.1) is 18.2 Å². The molecule has 0 aliphatic carbocycles. The van der Waals surface area contributed by atoms with E-state index in [9.17, 15) is 9.59 Å². The van der Waals surface area contributed by atoms with Gasteiger partial charge in [-0.1, -0.05) is 5.16 Å². The highest BCUT2D eigenvalue weighted by Gasteiger charge is 2.10. The predicted octanol–water partition coefficient (Wildman–Crippen LogP) is 2.53. The van der Waals surface area contributed by atoms with Crippen LogP contribution in [0.1, 0.15) is 18.5 Å². The molecule has 3 heterocycles. The van der Waals surface area contributed by atoms with Gasteiger partial charge in [0.15, 0.2) is 11.6 Å².